The van der Waals surface area contributed by atoms with Crippen molar-refractivity contribution in [1.29, 1.82) is 0 Å². The van der Waals surface area contributed by atoms with Gasteiger partial charge in [-0.15, -0.1) is 10.2 Å². The van der Waals surface area contributed by atoms with E-state index in [2.05, 4.69) is 10.2 Å². The molecule has 0 amide bonds. The summed E-state index contributed by atoms with van der Waals surface area (Å²) >= 11 is 0. The zero-order chi connectivity index (χ0) is 22.7. The van der Waals surface area contributed by atoms with Crippen LogP contribution in [0.3, 0.4) is 0 Å². The van der Waals surface area contributed by atoms with Crippen molar-refractivity contribution in [2.24, 2.45) is 16.0 Å². The maximum Gasteiger partial charge on any atom is 0.442 e. The van der Waals surface area contributed by atoms with Gasteiger partial charge in [0.1, 0.15) is 5.75 Å². The lowest BCUT2D eigenvalue weighted by molar-refractivity contribution is -0.166. The smallest absolute Gasteiger partial charge is 0.442 e. The molecule has 2 rings (SSSR count). The monoisotopic (exact) mass is 443 g/mol. The maximum atomic E-state index is 13.0. The number of halogens is 3. The highest BCUT2D eigenvalue weighted by atomic mass is 19.4. The Morgan fingerprint density at radius 1 is 1.00 bits per heavy atom. The summed E-state index contributed by atoms with van der Waals surface area (Å²) in [6.45, 7) is 0.292. The molecule has 0 bridgehead atoms. The Bertz CT molecular complexity index is 702. The summed E-state index contributed by atoms with van der Waals surface area (Å²) in [7, 11) is 0. The highest BCUT2D eigenvalue weighted by Crippen LogP contribution is 2.52. The summed E-state index contributed by atoms with van der Waals surface area (Å²) in [5, 5.41) is 24.8. The van der Waals surface area contributed by atoms with Gasteiger partial charge in [-0.1, -0.05) is 56.4 Å². The third-order valence-corrected chi connectivity index (χ3v) is 5.22. The lowest BCUT2D eigenvalue weighted by atomic mass is 10.0. The van der Waals surface area contributed by atoms with E-state index >= 15 is 0 Å². The Kier molecular flexibility index (Phi) is 9.93. The molecule has 0 radical (unpaired) electrons. The number of ether oxygens (including phenoxy) is 1. The molecule has 0 saturated carbocycles. The predicted molar refractivity (Wildman–Crippen MR) is 112 cm³/mol. The summed E-state index contributed by atoms with van der Waals surface area (Å²) in [6, 6.07) is 5.14. The quantitative estimate of drug-likeness (QED) is 0.272. The minimum atomic E-state index is -4.51. The molecule has 4 N–H and O–H groups in total. The van der Waals surface area contributed by atoms with Crippen LogP contribution in [0.5, 0.6) is 5.75 Å². The molecule has 1 aromatic rings. The number of hydrogen-bond donors (Lipinski definition) is 3. The van der Waals surface area contributed by atoms with E-state index in [9.17, 15) is 18.3 Å². The largest absolute Gasteiger partial charge is 0.494 e. The van der Waals surface area contributed by atoms with Crippen LogP contribution >= 0.6 is 0 Å². The van der Waals surface area contributed by atoms with Crippen LogP contribution in [0.4, 0.5) is 13.2 Å². The molecule has 0 saturated heterocycles. The number of alkyl halides is 3. The molecule has 1 aliphatic rings. The highest BCUT2D eigenvalue weighted by Gasteiger charge is 2.65. The fourth-order valence-corrected chi connectivity index (χ4v) is 3.15. The van der Waals surface area contributed by atoms with Crippen LogP contribution in [-0.4, -0.2) is 41.7 Å². The zero-order valence-corrected chi connectivity index (χ0v) is 17.6. The first-order chi connectivity index (χ1) is 14.8. The van der Waals surface area contributed by atoms with E-state index in [1.807, 2.05) is 6.08 Å². The number of unbranched alkanes of at least 4 members (excludes halogenated alkanes) is 7. The van der Waals surface area contributed by atoms with Crippen LogP contribution in [0.25, 0.3) is 0 Å². The Balaban J connectivity index is 1.47. The van der Waals surface area contributed by atoms with Crippen molar-refractivity contribution in [3.63, 3.8) is 0 Å². The van der Waals surface area contributed by atoms with Gasteiger partial charge in [-0.2, -0.15) is 13.2 Å². The van der Waals surface area contributed by atoms with E-state index in [1.165, 1.54) is 24.3 Å². The molecule has 0 aromatic heterocycles. The Hall–Kier alpha value is -1.97. The lowest BCUT2D eigenvalue weighted by Crippen LogP contribution is -2.36. The number of hydrogen-bond acceptors (Lipinski definition) is 6. The third-order valence-electron chi connectivity index (χ3n) is 5.22. The lowest BCUT2D eigenvalue weighted by Gasteiger charge is -2.15. The average molecular weight is 444 g/mol. The van der Waals surface area contributed by atoms with Crippen LogP contribution < -0.4 is 10.5 Å². The molecule has 0 spiro atoms. The van der Waals surface area contributed by atoms with Crippen molar-refractivity contribution < 1.29 is 28.1 Å². The Morgan fingerprint density at radius 2 is 1.58 bits per heavy atom. The molecule has 2 atom stereocenters. The topological polar surface area (TPSA) is 100 Å². The van der Waals surface area contributed by atoms with E-state index in [0.29, 0.717) is 12.4 Å². The van der Waals surface area contributed by atoms with Crippen molar-refractivity contribution in [3.8, 4) is 5.75 Å². The van der Waals surface area contributed by atoms with Crippen molar-refractivity contribution in [2.75, 3.05) is 13.2 Å². The van der Waals surface area contributed by atoms with Crippen LogP contribution in [0.15, 0.2) is 46.6 Å². The predicted octanol–water partition coefficient (Wildman–Crippen LogP) is 4.60. The first-order valence-electron chi connectivity index (χ1n) is 10.8. The average Bonchev–Trinajstić information content (AvgIpc) is 3.56. The summed E-state index contributed by atoms with van der Waals surface area (Å²) < 4.78 is 44.5. The van der Waals surface area contributed by atoms with E-state index in [0.717, 1.165) is 51.4 Å². The van der Waals surface area contributed by atoms with Crippen LogP contribution in [0.1, 0.15) is 56.9 Å². The van der Waals surface area contributed by atoms with Gasteiger partial charge in [-0.25, -0.2) is 0 Å². The van der Waals surface area contributed by atoms with Crippen molar-refractivity contribution >= 4 is 0 Å². The van der Waals surface area contributed by atoms with Crippen molar-refractivity contribution in [3.05, 3.63) is 42.0 Å². The number of rotatable bonds is 15. The number of aliphatic hydroxyl groups excluding tert-OH is 2. The summed E-state index contributed by atoms with van der Waals surface area (Å²) in [6.07, 6.45) is 6.61. The van der Waals surface area contributed by atoms with Gasteiger partial charge in [0.05, 0.1) is 25.4 Å². The molecule has 1 aliphatic heterocycles. The number of nitrogens with two attached hydrogens (primary N) is 1. The second-order valence-corrected chi connectivity index (χ2v) is 7.77. The molecule has 0 aliphatic carbocycles. The van der Waals surface area contributed by atoms with Crippen LogP contribution in [0.2, 0.25) is 0 Å². The standard InChI is InChI=1S/C22H32F3N3O3/c23-22(24,25)21(27-28-21)17-11-13-18(14-12-17)31-15-9-7-5-3-1-2-4-6-8-10-20(30)19(26)16-29/h8,10-14,19-20,29-30H,1-7,9,15-16,26H2/b10-8+/t19-,20+/m0/s1. The summed E-state index contributed by atoms with van der Waals surface area (Å²) in [4.78, 5) is 0. The van der Waals surface area contributed by atoms with Crippen LogP contribution in [0, 0.1) is 0 Å². The zero-order valence-electron chi connectivity index (χ0n) is 17.6. The van der Waals surface area contributed by atoms with Gasteiger partial charge < -0.3 is 20.7 Å². The van der Waals surface area contributed by atoms with E-state index < -0.39 is 24.0 Å². The molecule has 31 heavy (non-hydrogen) atoms. The minimum absolute atomic E-state index is 0.00718. The van der Waals surface area contributed by atoms with Gasteiger partial charge in [-0.05, 0) is 31.4 Å². The van der Waals surface area contributed by atoms with Gasteiger partial charge in [0.2, 0.25) is 0 Å². The highest BCUT2D eigenvalue weighted by molar-refractivity contribution is 5.35. The molecule has 1 aromatic carbocycles. The molecule has 6 nitrogen and oxygen atoms in total. The van der Waals surface area contributed by atoms with E-state index in [1.54, 1.807) is 6.08 Å². The number of aliphatic hydroxyl groups is 2. The normalized spacial score (nSPS) is 17.1. The molecule has 0 fully saturated rings. The number of allylic oxidation sites excluding steroid dienone is 1. The summed E-state index contributed by atoms with van der Waals surface area (Å²) in [5.41, 5.74) is 3.14. The van der Waals surface area contributed by atoms with E-state index in [4.69, 9.17) is 15.6 Å². The molecule has 174 valence electrons. The maximum absolute atomic E-state index is 13.0. The first-order valence-corrected chi connectivity index (χ1v) is 10.8. The molecule has 0 unspecified atom stereocenters. The van der Waals surface area contributed by atoms with Crippen molar-refractivity contribution in [1.82, 2.24) is 0 Å². The van der Waals surface area contributed by atoms with Gasteiger partial charge in [-0.3, -0.25) is 0 Å². The number of nitrogens with zero attached hydrogens (tertiary/aromatic N) is 2. The van der Waals surface area contributed by atoms with Crippen molar-refractivity contribution in [2.45, 2.75) is 75.4 Å². The fraction of sp³-hybridized carbons (Fsp3) is 0.636. The molecule has 1 heterocycles. The summed E-state index contributed by atoms with van der Waals surface area (Å²) in [5.74, 6) is 0.542. The van der Waals surface area contributed by atoms with Crippen LogP contribution in [-0.2, 0) is 5.66 Å². The first kappa shape index (κ1) is 25.3. The minimum Gasteiger partial charge on any atom is -0.494 e. The SMILES string of the molecule is N[C@@H](CO)[C@H](O)/C=C/CCCCCCCCCOc1ccc(C2(C(F)(F)F)N=N2)cc1. The van der Waals surface area contributed by atoms with Gasteiger partial charge in [0.25, 0.3) is 0 Å². The molecular formula is C22H32F3N3O3. The third kappa shape index (κ3) is 7.90. The Morgan fingerprint density at radius 3 is 2.13 bits per heavy atom. The van der Waals surface area contributed by atoms with Gasteiger partial charge in [0, 0.05) is 5.56 Å². The van der Waals surface area contributed by atoms with E-state index in [-0.39, 0.29) is 12.2 Å². The number of benzene rings is 1. The molecule has 9 heteroatoms. The Labute approximate surface area is 181 Å². The van der Waals surface area contributed by atoms with Gasteiger partial charge in [0.15, 0.2) is 0 Å². The van der Waals surface area contributed by atoms with Gasteiger partial charge >= 0.3 is 11.8 Å². The molecular weight excluding hydrogens is 411 g/mol. The second kappa shape index (κ2) is 12.2. The second-order valence-electron chi connectivity index (χ2n) is 7.77. The fourth-order valence-electron chi connectivity index (χ4n) is 3.15.